The van der Waals surface area contributed by atoms with Crippen LogP contribution in [0.1, 0.15) is 43.0 Å². The van der Waals surface area contributed by atoms with Crippen molar-refractivity contribution in [1.82, 2.24) is 10.2 Å². The lowest BCUT2D eigenvalue weighted by Gasteiger charge is -2.32. The monoisotopic (exact) mass is 465 g/mol. The Labute approximate surface area is 199 Å². The molecule has 180 valence electrons. The molecule has 8 heteroatoms. The van der Waals surface area contributed by atoms with Crippen LogP contribution in [0.2, 0.25) is 0 Å². The molecule has 0 aromatic heterocycles. The van der Waals surface area contributed by atoms with E-state index in [1.165, 1.54) is 0 Å². The SMILES string of the molecule is CCOc1ccc(C(=O)N2CCC(NC(=O)COc3ccc(N4CCCC4=O)cc3)CC2)cc1. The highest BCUT2D eigenvalue weighted by molar-refractivity contribution is 5.95. The van der Waals surface area contributed by atoms with Crippen LogP contribution in [0.5, 0.6) is 11.5 Å². The number of piperidine rings is 1. The number of likely N-dealkylation sites (tertiary alicyclic amines) is 1. The van der Waals surface area contributed by atoms with Gasteiger partial charge in [-0.3, -0.25) is 14.4 Å². The van der Waals surface area contributed by atoms with E-state index in [1.807, 2.05) is 36.1 Å². The molecule has 2 saturated heterocycles. The molecule has 0 unspecified atom stereocenters. The molecule has 8 nitrogen and oxygen atoms in total. The molecule has 2 aliphatic heterocycles. The molecule has 3 amide bonds. The second kappa shape index (κ2) is 11.0. The highest BCUT2D eigenvalue weighted by Gasteiger charge is 2.25. The quantitative estimate of drug-likeness (QED) is 0.648. The third-order valence-corrected chi connectivity index (χ3v) is 6.15. The van der Waals surface area contributed by atoms with Gasteiger partial charge in [-0.15, -0.1) is 0 Å². The number of ether oxygens (including phenoxy) is 2. The predicted molar refractivity (Wildman–Crippen MR) is 128 cm³/mol. The van der Waals surface area contributed by atoms with E-state index >= 15 is 0 Å². The van der Waals surface area contributed by atoms with Gasteiger partial charge < -0.3 is 24.6 Å². The van der Waals surface area contributed by atoms with Gasteiger partial charge in [-0.1, -0.05) is 0 Å². The number of hydrogen-bond donors (Lipinski definition) is 1. The van der Waals surface area contributed by atoms with Gasteiger partial charge >= 0.3 is 0 Å². The first-order valence-electron chi connectivity index (χ1n) is 11.9. The molecule has 0 atom stereocenters. The first-order valence-corrected chi connectivity index (χ1v) is 11.9. The highest BCUT2D eigenvalue weighted by Crippen LogP contribution is 2.24. The van der Waals surface area contributed by atoms with Crippen LogP contribution >= 0.6 is 0 Å². The molecular formula is C26H31N3O5. The summed E-state index contributed by atoms with van der Waals surface area (Å²) in [5.41, 5.74) is 1.49. The predicted octanol–water partition coefficient (Wildman–Crippen LogP) is 3.01. The van der Waals surface area contributed by atoms with Crippen LogP contribution in [-0.4, -0.2) is 61.5 Å². The molecule has 0 saturated carbocycles. The van der Waals surface area contributed by atoms with Gasteiger partial charge in [0.1, 0.15) is 11.5 Å². The van der Waals surface area contributed by atoms with Gasteiger partial charge in [0.15, 0.2) is 6.61 Å². The molecular weight excluding hydrogens is 434 g/mol. The number of hydrogen-bond acceptors (Lipinski definition) is 5. The summed E-state index contributed by atoms with van der Waals surface area (Å²) in [5, 5.41) is 3.00. The highest BCUT2D eigenvalue weighted by atomic mass is 16.5. The van der Waals surface area contributed by atoms with Crippen molar-refractivity contribution < 1.29 is 23.9 Å². The standard InChI is InChI=1S/C26H31N3O5/c1-2-33-22-9-5-19(6-10-22)26(32)28-16-13-20(14-17-28)27-24(30)18-34-23-11-7-21(8-12-23)29-15-3-4-25(29)31/h5-12,20H,2-4,13-18H2,1H3,(H,27,30). The lowest BCUT2D eigenvalue weighted by Crippen LogP contribution is -2.47. The topological polar surface area (TPSA) is 88.2 Å². The summed E-state index contributed by atoms with van der Waals surface area (Å²) < 4.78 is 11.0. The summed E-state index contributed by atoms with van der Waals surface area (Å²) in [7, 11) is 0. The van der Waals surface area contributed by atoms with Crippen molar-refractivity contribution in [2.75, 3.05) is 37.7 Å². The maximum absolute atomic E-state index is 12.7. The van der Waals surface area contributed by atoms with E-state index < -0.39 is 0 Å². The molecule has 2 aliphatic rings. The summed E-state index contributed by atoms with van der Waals surface area (Å²) in [6.07, 6.45) is 2.87. The molecule has 2 heterocycles. The zero-order valence-corrected chi connectivity index (χ0v) is 19.5. The van der Waals surface area contributed by atoms with Crippen molar-refractivity contribution in [3.63, 3.8) is 0 Å². The Morgan fingerprint density at radius 3 is 2.21 bits per heavy atom. The minimum Gasteiger partial charge on any atom is -0.494 e. The molecule has 0 spiro atoms. The molecule has 2 fully saturated rings. The first-order chi connectivity index (χ1) is 16.5. The van der Waals surface area contributed by atoms with Gasteiger partial charge in [0.2, 0.25) is 5.91 Å². The zero-order valence-electron chi connectivity index (χ0n) is 19.5. The second-order valence-electron chi connectivity index (χ2n) is 8.52. The van der Waals surface area contributed by atoms with E-state index in [-0.39, 0.29) is 30.4 Å². The van der Waals surface area contributed by atoms with Gasteiger partial charge in [0.25, 0.3) is 11.8 Å². The van der Waals surface area contributed by atoms with E-state index in [2.05, 4.69) is 5.32 Å². The number of rotatable bonds is 8. The fourth-order valence-corrected chi connectivity index (χ4v) is 4.33. The maximum atomic E-state index is 12.7. The molecule has 2 aromatic carbocycles. The third kappa shape index (κ3) is 5.87. The number of benzene rings is 2. The Hall–Kier alpha value is -3.55. The molecule has 0 aliphatic carbocycles. The normalized spacial score (nSPS) is 16.4. The number of nitrogens with zero attached hydrogens (tertiary/aromatic N) is 2. The average molecular weight is 466 g/mol. The number of carbonyl (C=O) groups is 3. The lowest BCUT2D eigenvalue weighted by molar-refractivity contribution is -0.124. The minimum atomic E-state index is -0.185. The summed E-state index contributed by atoms with van der Waals surface area (Å²) in [6.45, 7) is 4.36. The van der Waals surface area contributed by atoms with Crippen LogP contribution in [-0.2, 0) is 9.59 Å². The van der Waals surface area contributed by atoms with E-state index in [0.29, 0.717) is 50.3 Å². The Morgan fingerprint density at radius 1 is 0.941 bits per heavy atom. The van der Waals surface area contributed by atoms with E-state index in [9.17, 15) is 14.4 Å². The van der Waals surface area contributed by atoms with Gasteiger partial charge in [0, 0.05) is 43.3 Å². The van der Waals surface area contributed by atoms with Crippen molar-refractivity contribution in [1.29, 1.82) is 0 Å². The van der Waals surface area contributed by atoms with Crippen LogP contribution in [0.15, 0.2) is 48.5 Å². The number of nitrogens with one attached hydrogen (secondary N) is 1. The summed E-state index contributed by atoms with van der Waals surface area (Å²) in [5.74, 6) is 1.28. The number of carbonyl (C=O) groups excluding carboxylic acids is 3. The zero-order chi connectivity index (χ0) is 23.9. The van der Waals surface area contributed by atoms with Crippen LogP contribution in [0.4, 0.5) is 5.69 Å². The lowest BCUT2D eigenvalue weighted by atomic mass is 10.0. The molecule has 34 heavy (non-hydrogen) atoms. The Kier molecular flexibility index (Phi) is 7.67. The van der Waals surface area contributed by atoms with Crippen molar-refractivity contribution in [2.45, 2.75) is 38.6 Å². The minimum absolute atomic E-state index is 0.00441. The van der Waals surface area contributed by atoms with Crippen molar-refractivity contribution in [3.05, 3.63) is 54.1 Å². The average Bonchev–Trinajstić information content (AvgIpc) is 3.29. The summed E-state index contributed by atoms with van der Waals surface area (Å²) in [6, 6.07) is 14.4. The third-order valence-electron chi connectivity index (χ3n) is 6.15. The number of amides is 3. The van der Waals surface area contributed by atoms with Gasteiger partial charge in [-0.05, 0) is 74.7 Å². The van der Waals surface area contributed by atoms with Crippen LogP contribution < -0.4 is 19.7 Å². The van der Waals surface area contributed by atoms with E-state index in [4.69, 9.17) is 9.47 Å². The Morgan fingerprint density at radius 2 is 1.59 bits per heavy atom. The molecule has 1 N–H and O–H groups in total. The molecule has 4 rings (SSSR count). The number of anilines is 1. The maximum Gasteiger partial charge on any atom is 0.258 e. The molecule has 0 bridgehead atoms. The Bertz CT molecular complexity index is 998. The van der Waals surface area contributed by atoms with Crippen molar-refractivity contribution in [2.24, 2.45) is 0 Å². The molecule has 0 radical (unpaired) electrons. The molecule has 2 aromatic rings. The Balaban J connectivity index is 1.18. The fraction of sp³-hybridized carbons (Fsp3) is 0.423. The van der Waals surface area contributed by atoms with E-state index in [0.717, 1.165) is 24.4 Å². The fourth-order valence-electron chi connectivity index (χ4n) is 4.33. The van der Waals surface area contributed by atoms with Crippen LogP contribution in [0.3, 0.4) is 0 Å². The van der Waals surface area contributed by atoms with Crippen molar-refractivity contribution in [3.8, 4) is 11.5 Å². The van der Waals surface area contributed by atoms with Crippen LogP contribution in [0.25, 0.3) is 0 Å². The largest absolute Gasteiger partial charge is 0.494 e. The van der Waals surface area contributed by atoms with Gasteiger partial charge in [-0.2, -0.15) is 0 Å². The first kappa shape index (κ1) is 23.6. The smallest absolute Gasteiger partial charge is 0.258 e. The van der Waals surface area contributed by atoms with Gasteiger partial charge in [-0.25, -0.2) is 0 Å². The summed E-state index contributed by atoms with van der Waals surface area (Å²) in [4.78, 5) is 40.5. The van der Waals surface area contributed by atoms with Crippen molar-refractivity contribution >= 4 is 23.4 Å². The van der Waals surface area contributed by atoms with Gasteiger partial charge in [0.05, 0.1) is 6.61 Å². The second-order valence-corrected chi connectivity index (χ2v) is 8.52. The van der Waals surface area contributed by atoms with E-state index in [1.54, 1.807) is 29.2 Å². The summed E-state index contributed by atoms with van der Waals surface area (Å²) >= 11 is 0. The van der Waals surface area contributed by atoms with Crippen LogP contribution in [0, 0.1) is 0 Å².